The fraction of sp³-hybridized carbons (Fsp3) is 0.919. The van der Waals surface area contributed by atoms with Crippen LogP contribution in [0.25, 0.3) is 0 Å². The summed E-state index contributed by atoms with van der Waals surface area (Å²) < 4.78 is 0. The average Bonchev–Trinajstić information content (AvgIpc) is 0.770. The van der Waals surface area contributed by atoms with E-state index in [1.807, 2.05) is 28.4 Å². The van der Waals surface area contributed by atoms with E-state index in [-0.39, 0.29) is 103 Å². The molecule has 0 aliphatic carbocycles. The number of aromatic nitrogens is 6. The maximum absolute atomic E-state index is 6.12. The lowest BCUT2D eigenvalue weighted by molar-refractivity contribution is -0.266. The maximum atomic E-state index is 6.12. The van der Waals surface area contributed by atoms with Crippen LogP contribution in [0.5, 0.6) is 0 Å². The highest BCUT2D eigenvalue weighted by Gasteiger charge is 2.53. The molecule has 6 fully saturated rings. The summed E-state index contributed by atoms with van der Waals surface area (Å²) in [6.07, 6.45) is 14.9. The predicted molar refractivity (Wildman–Crippen MR) is 395 cm³/mol. The summed E-state index contributed by atoms with van der Waals surface area (Å²) in [5.74, 6) is 4.39. The number of unbranched alkanes of at least 4 members (excludes halogenated alkanes) is 3. The molecule has 0 unspecified atom stereocenters. The Kier molecular flexibility index (Phi) is 22.5. The molecular weight excluding hydrogens is 1200 g/mol. The SMILES string of the molecule is CON1C(C)(C)CC(N(C)c2nc(N(C)C3CC(C)(C)N(OC)C(C)(C)C3)nc(N(CCCCCCN(c3nc(N(C)C4CC(C)(C)N(OC)C(C)(C)C4)nc(N(C)C4CC(C)(C)N(OC)C(C)(C)C4)n3)C3CC(C)(C)NC(C)(C)C3)C3CC(C)(C)NC(C)(C)C3)n2)CC1(C)C. The number of hydrogen-bond acceptors (Lipinski definition) is 22. The molecule has 22 heteroatoms. The lowest BCUT2D eigenvalue weighted by atomic mass is 9.78. The molecule has 22 nitrogen and oxygen atoms in total. The minimum atomic E-state index is -0.229. The van der Waals surface area contributed by atoms with Crippen LogP contribution in [0.3, 0.4) is 0 Å². The maximum Gasteiger partial charge on any atom is 0.232 e. The van der Waals surface area contributed by atoms with Gasteiger partial charge in [-0.25, -0.2) is 0 Å². The number of rotatable bonds is 23. The summed E-state index contributed by atoms with van der Waals surface area (Å²) in [6, 6.07) is 0.975. The zero-order valence-electron chi connectivity index (χ0n) is 67.0. The topological polar surface area (TPSA) is 171 Å². The third-order valence-electron chi connectivity index (χ3n) is 22.9. The summed E-state index contributed by atoms with van der Waals surface area (Å²) in [7, 11) is 16.1. The van der Waals surface area contributed by atoms with Crippen molar-refractivity contribution < 1.29 is 19.4 Å². The molecule has 96 heavy (non-hydrogen) atoms. The molecule has 6 saturated heterocycles. The van der Waals surface area contributed by atoms with Gasteiger partial charge in [-0.05, 0) is 256 Å². The van der Waals surface area contributed by atoms with E-state index in [4.69, 9.17) is 49.3 Å². The Morgan fingerprint density at radius 3 is 0.635 bits per heavy atom. The Hall–Kier alpha value is -3.58. The molecule has 2 aromatic heterocycles. The van der Waals surface area contributed by atoms with Crippen molar-refractivity contribution in [2.45, 2.75) is 372 Å². The molecule has 8 rings (SSSR count). The van der Waals surface area contributed by atoms with E-state index < -0.39 is 0 Å². The van der Waals surface area contributed by atoms with E-state index in [0.29, 0.717) is 23.8 Å². The molecule has 0 radical (unpaired) electrons. The lowest BCUT2D eigenvalue weighted by Gasteiger charge is -2.55. The van der Waals surface area contributed by atoms with Crippen molar-refractivity contribution in [3.05, 3.63) is 0 Å². The second-order valence-electron chi connectivity index (χ2n) is 38.3. The molecule has 0 amide bonds. The van der Waals surface area contributed by atoms with E-state index in [9.17, 15) is 0 Å². The van der Waals surface area contributed by atoms with Crippen LogP contribution in [0, 0.1) is 0 Å². The molecule has 0 spiro atoms. The Bertz CT molecular complexity index is 2510. The molecule has 6 aliphatic rings. The number of piperidine rings is 6. The van der Waals surface area contributed by atoms with Crippen molar-refractivity contribution >= 4 is 35.7 Å². The van der Waals surface area contributed by atoms with Gasteiger partial charge in [0.15, 0.2) is 0 Å². The zero-order chi connectivity index (χ0) is 71.9. The first-order chi connectivity index (χ1) is 43.9. The molecule has 2 aromatic rings. The second-order valence-corrected chi connectivity index (χ2v) is 38.3. The van der Waals surface area contributed by atoms with Gasteiger partial charge in [0.25, 0.3) is 0 Å². The summed E-state index contributed by atoms with van der Waals surface area (Å²) in [6.45, 7) is 57.3. The van der Waals surface area contributed by atoms with E-state index in [0.717, 1.165) is 128 Å². The predicted octanol–water partition coefficient (Wildman–Crippen LogP) is 12.6. The van der Waals surface area contributed by atoms with Gasteiger partial charge in [-0.15, -0.1) is 0 Å². The van der Waals surface area contributed by atoms with Crippen molar-refractivity contribution in [3.63, 3.8) is 0 Å². The van der Waals surface area contributed by atoms with Crippen LogP contribution in [0.15, 0.2) is 0 Å². The van der Waals surface area contributed by atoms with Crippen LogP contribution in [-0.2, 0) is 19.4 Å². The summed E-state index contributed by atoms with van der Waals surface area (Å²) >= 11 is 0. The lowest BCUT2D eigenvalue weighted by Crippen LogP contribution is -2.64. The van der Waals surface area contributed by atoms with Crippen LogP contribution in [0.2, 0.25) is 0 Å². The highest BCUT2D eigenvalue weighted by Crippen LogP contribution is 2.47. The largest absolute Gasteiger partial charge is 0.341 e. The monoisotopic (exact) mass is 1350 g/mol. The summed E-state index contributed by atoms with van der Waals surface area (Å²) in [5.41, 5.74) is -2.28. The van der Waals surface area contributed by atoms with Crippen LogP contribution < -0.4 is 40.0 Å². The van der Waals surface area contributed by atoms with Crippen LogP contribution in [0.1, 0.15) is 269 Å². The first-order valence-electron chi connectivity index (χ1n) is 36.8. The standard InChI is InChI=1S/C74H140N18O4/c1-63(2)39-55(40-64(3,4)81-63)87(61-77-57(83(25)51-43-67(9,10)89(93-29)68(11,12)44-51)75-58(78-61)84(26)52-45-69(13,14)90(94-30)70(15,16)46-52)37-35-33-34-36-38-88(56-41-65(5,6)82-66(7,8)42-56)62-79-59(85(27)53-47-71(17,18)91(95-31)72(19,20)48-53)76-60(80-62)86(28)54-49-73(21,22)92(96-32)74(23,24)50-54/h51-56,81-82H,33-50H2,1-32H3. The van der Waals surface area contributed by atoms with E-state index in [1.54, 1.807) is 0 Å². The number of nitrogens with one attached hydrogen (secondary N) is 2. The van der Waals surface area contributed by atoms with Crippen molar-refractivity contribution in [1.82, 2.24) is 60.8 Å². The quantitative estimate of drug-likeness (QED) is 0.101. The van der Waals surface area contributed by atoms with Gasteiger partial charge in [-0.2, -0.15) is 50.2 Å². The van der Waals surface area contributed by atoms with Gasteiger partial charge in [0.05, 0.1) is 28.4 Å². The van der Waals surface area contributed by atoms with Crippen LogP contribution in [-0.4, -0.2) is 223 Å². The molecular formula is C74H140N18O4. The fourth-order valence-electron chi connectivity index (χ4n) is 20.9. The van der Waals surface area contributed by atoms with Crippen LogP contribution >= 0.6 is 0 Å². The zero-order valence-corrected chi connectivity index (χ0v) is 67.0. The highest BCUT2D eigenvalue weighted by molar-refractivity contribution is 5.50. The van der Waals surface area contributed by atoms with Gasteiger partial charge in [-0.1, -0.05) is 12.8 Å². The van der Waals surface area contributed by atoms with Crippen molar-refractivity contribution in [2.24, 2.45) is 0 Å². The molecule has 0 aromatic carbocycles. The van der Waals surface area contributed by atoms with Gasteiger partial charge in [0, 0.05) is 144 Å². The first-order valence-corrected chi connectivity index (χ1v) is 36.8. The molecule has 0 saturated carbocycles. The number of hydrogen-bond donors (Lipinski definition) is 2. The minimum Gasteiger partial charge on any atom is -0.341 e. The van der Waals surface area contributed by atoms with Gasteiger partial charge in [-0.3, -0.25) is 0 Å². The number of hydroxylamine groups is 8. The number of anilines is 6. The Labute approximate surface area is 584 Å². The fourth-order valence-corrected chi connectivity index (χ4v) is 20.9. The van der Waals surface area contributed by atoms with Crippen molar-refractivity contribution in [1.29, 1.82) is 0 Å². The van der Waals surface area contributed by atoms with Crippen molar-refractivity contribution in [3.8, 4) is 0 Å². The summed E-state index contributed by atoms with van der Waals surface area (Å²) in [4.78, 5) is 72.9. The molecule has 0 atom stereocenters. The van der Waals surface area contributed by atoms with Crippen LogP contribution in [0.4, 0.5) is 35.7 Å². The summed E-state index contributed by atoms with van der Waals surface area (Å²) in [5, 5.41) is 16.8. The van der Waals surface area contributed by atoms with Gasteiger partial charge in [0.1, 0.15) is 0 Å². The van der Waals surface area contributed by atoms with Gasteiger partial charge < -0.3 is 59.4 Å². The van der Waals surface area contributed by atoms with Gasteiger partial charge in [0.2, 0.25) is 35.7 Å². The molecule has 0 bridgehead atoms. The Morgan fingerprint density at radius 1 is 0.281 bits per heavy atom. The second kappa shape index (κ2) is 27.6. The molecule has 2 N–H and O–H groups in total. The molecule has 8 heterocycles. The van der Waals surface area contributed by atoms with E-state index in [2.05, 4.69) is 255 Å². The highest BCUT2D eigenvalue weighted by atomic mass is 16.7. The first kappa shape index (κ1) is 78.1. The third-order valence-corrected chi connectivity index (χ3v) is 22.9. The minimum absolute atomic E-state index is 0.112. The van der Waals surface area contributed by atoms with E-state index >= 15 is 0 Å². The average molecular weight is 1350 g/mol. The van der Waals surface area contributed by atoms with Crippen molar-refractivity contribution in [2.75, 3.05) is 99.1 Å². The molecule has 550 valence electrons. The van der Waals surface area contributed by atoms with E-state index in [1.165, 1.54) is 0 Å². The normalized spacial score (nSPS) is 26.1. The Morgan fingerprint density at radius 2 is 0.458 bits per heavy atom. The smallest absolute Gasteiger partial charge is 0.232 e. The Balaban J connectivity index is 1.15. The molecule has 6 aliphatic heterocycles. The van der Waals surface area contributed by atoms with Gasteiger partial charge >= 0.3 is 0 Å². The third kappa shape index (κ3) is 17.1. The number of nitrogens with zero attached hydrogens (tertiary/aromatic N) is 16.